The quantitative estimate of drug-likeness (QED) is 0.736. The minimum absolute atomic E-state index is 0.168. The van der Waals surface area contributed by atoms with Gasteiger partial charge in [0.2, 0.25) is 0 Å². The lowest BCUT2D eigenvalue weighted by Crippen LogP contribution is -2.06. The lowest BCUT2D eigenvalue weighted by molar-refractivity contribution is 0.0692. The van der Waals surface area contributed by atoms with Gasteiger partial charge in [0.1, 0.15) is 16.9 Å². The van der Waals surface area contributed by atoms with E-state index in [2.05, 4.69) is 9.97 Å². The molecular formula is C9H5F3N2O2. The first-order chi connectivity index (χ1) is 7.43. The number of aromatic amines is 1. The number of nitrogens with one attached hydrogen (secondary N) is 1. The van der Waals surface area contributed by atoms with Crippen molar-refractivity contribution in [1.29, 1.82) is 0 Å². The maximum atomic E-state index is 13.2. The van der Waals surface area contributed by atoms with Gasteiger partial charge in [-0.2, -0.15) is 0 Å². The summed E-state index contributed by atoms with van der Waals surface area (Å²) < 4.78 is 39.5. The number of benzene rings is 1. The number of carbonyl (C=O) groups is 1. The maximum Gasteiger partial charge on any atom is 0.341 e. The first kappa shape index (κ1) is 10.5. The Labute approximate surface area is 86.7 Å². The number of nitrogens with zero attached hydrogens (tertiary/aromatic N) is 1. The molecule has 1 aromatic heterocycles. The average molecular weight is 230 g/mol. The number of hydrogen-bond donors (Lipinski definition) is 2. The van der Waals surface area contributed by atoms with Crippen LogP contribution in [-0.4, -0.2) is 21.0 Å². The number of halogens is 3. The van der Waals surface area contributed by atoms with E-state index in [9.17, 15) is 18.0 Å². The molecule has 1 heterocycles. The van der Waals surface area contributed by atoms with Crippen LogP contribution in [0, 0.1) is 24.4 Å². The van der Waals surface area contributed by atoms with Crippen LogP contribution in [0.4, 0.5) is 13.2 Å². The number of aryl methyl sites for hydroxylation is 1. The van der Waals surface area contributed by atoms with E-state index in [1.54, 1.807) is 0 Å². The Morgan fingerprint density at radius 2 is 1.88 bits per heavy atom. The van der Waals surface area contributed by atoms with Crippen molar-refractivity contribution in [3.05, 3.63) is 28.8 Å². The van der Waals surface area contributed by atoms with Crippen molar-refractivity contribution in [2.24, 2.45) is 0 Å². The molecule has 0 fully saturated rings. The molecule has 0 aliphatic rings. The fourth-order valence-corrected chi connectivity index (χ4v) is 1.45. The van der Waals surface area contributed by atoms with Crippen LogP contribution in [0.25, 0.3) is 11.0 Å². The van der Waals surface area contributed by atoms with Gasteiger partial charge in [-0.05, 0) is 6.92 Å². The Kier molecular flexibility index (Phi) is 2.11. The molecule has 0 radical (unpaired) electrons. The van der Waals surface area contributed by atoms with E-state index in [4.69, 9.17) is 5.11 Å². The summed E-state index contributed by atoms with van der Waals surface area (Å²) in [5.41, 5.74) is -1.83. The second-order valence-electron chi connectivity index (χ2n) is 3.17. The highest BCUT2D eigenvalue weighted by Gasteiger charge is 2.26. The molecule has 7 heteroatoms. The van der Waals surface area contributed by atoms with Gasteiger partial charge >= 0.3 is 5.97 Å². The van der Waals surface area contributed by atoms with Crippen molar-refractivity contribution in [3.8, 4) is 0 Å². The number of imidazole rings is 1. The van der Waals surface area contributed by atoms with Crippen molar-refractivity contribution < 1.29 is 23.1 Å². The summed E-state index contributed by atoms with van der Waals surface area (Å²) in [7, 11) is 0. The summed E-state index contributed by atoms with van der Waals surface area (Å²) in [6.07, 6.45) is 0. The lowest BCUT2D eigenvalue weighted by Gasteiger charge is -2.01. The minimum Gasteiger partial charge on any atom is -0.478 e. The molecule has 0 spiro atoms. The van der Waals surface area contributed by atoms with Crippen LogP contribution in [0.15, 0.2) is 0 Å². The highest BCUT2D eigenvalue weighted by Crippen LogP contribution is 2.26. The summed E-state index contributed by atoms with van der Waals surface area (Å²) >= 11 is 0. The van der Waals surface area contributed by atoms with Gasteiger partial charge in [-0.25, -0.2) is 22.9 Å². The standard InChI is InChI=1S/C9H5F3N2O2/c1-2-13-7-3(9(15)16)4(10)5(11)6(12)8(7)14-2/h1H3,(H,13,14)(H,15,16). The summed E-state index contributed by atoms with van der Waals surface area (Å²) in [6, 6.07) is 0. The molecule has 84 valence electrons. The Bertz CT molecular complexity index is 607. The molecule has 0 aliphatic heterocycles. The SMILES string of the molecule is Cc1nc2c(F)c(F)c(F)c(C(=O)O)c2[nH]1. The summed E-state index contributed by atoms with van der Waals surface area (Å²) in [5.74, 6) is -6.59. The number of carboxylic acids is 1. The monoisotopic (exact) mass is 230 g/mol. The predicted molar refractivity (Wildman–Crippen MR) is 47.7 cm³/mol. The van der Waals surface area contributed by atoms with Gasteiger partial charge in [0.25, 0.3) is 0 Å². The number of aromatic nitrogens is 2. The zero-order valence-electron chi connectivity index (χ0n) is 7.94. The van der Waals surface area contributed by atoms with E-state index in [0.717, 1.165) is 0 Å². The van der Waals surface area contributed by atoms with E-state index >= 15 is 0 Å². The molecular weight excluding hydrogens is 225 g/mol. The molecule has 2 aromatic rings. The van der Waals surface area contributed by atoms with Crippen LogP contribution in [-0.2, 0) is 0 Å². The molecule has 2 rings (SSSR count). The second kappa shape index (κ2) is 3.22. The lowest BCUT2D eigenvalue weighted by atomic mass is 10.1. The number of hydrogen-bond acceptors (Lipinski definition) is 2. The van der Waals surface area contributed by atoms with E-state index in [0.29, 0.717) is 0 Å². The van der Waals surface area contributed by atoms with Gasteiger partial charge in [0.15, 0.2) is 17.5 Å². The first-order valence-corrected chi connectivity index (χ1v) is 4.19. The van der Waals surface area contributed by atoms with E-state index in [1.807, 2.05) is 0 Å². The third-order valence-electron chi connectivity index (χ3n) is 2.10. The van der Waals surface area contributed by atoms with Crippen LogP contribution in [0.5, 0.6) is 0 Å². The van der Waals surface area contributed by atoms with Crippen LogP contribution >= 0.6 is 0 Å². The minimum atomic E-state index is -1.84. The molecule has 0 aliphatic carbocycles. The molecule has 0 saturated carbocycles. The highest BCUT2D eigenvalue weighted by molar-refractivity contribution is 6.01. The molecule has 16 heavy (non-hydrogen) atoms. The number of fused-ring (bicyclic) bond motifs is 1. The van der Waals surface area contributed by atoms with Crippen LogP contribution in [0.3, 0.4) is 0 Å². The predicted octanol–water partition coefficient (Wildman–Crippen LogP) is 1.99. The average Bonchev–Trinajstić information content (AvgIpc) is 2.56. The van der Waals surface area contributed by atoms with Gasteiger partial charge in [0.05, 0.1) is 5.52 Å². The fourth-order valence-electron chi connectivity index (χ4n) is 1.45. The number of rotatable bonds is 1. The Morgan fingerprint density at radius 1 is 1.25 bits per heavy atom. The summed E-state index contributed by atoms with van der Waals surface area (Å²) in [4.78, 5) is 16.7. The van der Waals surface area contributed by atoms with Gasteiger partial charge in [-0.1, -0.05) is 0 Å². The summed E-state index contributed by atoms with van der Waals surface area (Å²) in [6.45, 7) is 1.42. The zero-order chi connectivity index (χ0) is 12.0. The number of aromatic carboxylic acids is 1. The molecule has 0 amide bonds. The van der Waals surface area contributed by atoms with Gasteiger partial charge in [-0.3, -0.25) is 0 Å². The number of carboxylic acid groups (broad SMARTS) is 1. The van der Waals surface area contributed by atoms with Gasteiger partial charge in [0, 0.05) is 0 Å². The molecule has 4 nitrogen and oxygen atoms in total. The molecule has 0 saturated heterocycles. The molecule has 0 bridgehead atoms. The first-order valence-electron chi connectivity index (χ1n) is 4.19. The van der Waals surface area contributed by atoms with Crippen molar-refractivity contribution in [1.82, 2.24) is 9.97 Å². The van der Waals surface area contributed by atoms with Crippen molar-refractivity contribution in [2.45, 2.75) is 6.92 Å². The second-order valence-corrected chi connectivity index (χ2v) is 3.17. The highest BCUT2D eigenvalue weighted by atomic mass is 19.2. The zero-order valence-corrected chi connectivity index (χ0v) is 7.94. The third kappa shape index (κ3) is 1.24. The van der Waals surface area contributed by atoms with Crippen LogP contribution in [0.2, 0.25) is 0 Å². The Morgan fingerprint density at radius 3 is 2.44 bits per heavy atom. The Balaban J connectivity index is 3.02. The molecule has 0 atom stereocenters. The normalized spacial score (nSPS) is 11.0. The van der Waals surface area contributed by atoms with E-state index in [-0.39, 0.29) is 11.3 Å². The van der Waals surface area contributed by atoms with Gasteiger partial charge < -0.3 is 10.1 Å². The molecule has 2 N–H and O–H groups in total. The smallest absolute Gasteiger partial charge is 0.341 e. The van der Waals surface area contributed by atoms with E-state index in [1.165, 1.54) is 6.92 Å². The number of H-pyrrole nitrogens is 1. The van der Waals surface area contributed by atoms with Crippen molar-refractivity contribution >= 4 is 17.0 Å². The molecule has 1 aromatic carbocycles. The van der Waals surface area contributed by atoms with Crippen molar-refractivity contribution in [2.75, 3.05) is 0 Å². The largest absolute Gasteiger partial charge is 0.478 e. The third-order valence-corrected chi connectivity index (χ3v) is 2.10. The van der Waals surface area contributed by atoms with Crippen molar-refractivity contribution in [3.63, 3.8) is 0 Å². The molecule has 0 unspecified atom stereocenters. The van der Waals surface area contributed by atoms with Crippen LogP contribution in [0.1, 0.15) is 16.2 Å². The maximum absolute atomic E-state index is 13.2. The fraction of sp³-hybridized carbons (Fsp3) is 0.111. The topological polar surface area (TPSA) is 66.0 Å². The summed E-state index contributed by atoms with van der Waals surface area (Å²) in [5, 5.41) is 8.71. The van der Waals surface area contributed by atoms with Gasteiger partial charge in [-0.15, -0.1) is 0 Å². The van der Waals surface area contributed by atoms with Crippen LogP contribution < -0.4 is 0 Å². The van der Waals surface area contributed by atoms with E-state index < -0.39 is 34.5 Å². The Hall–Kier alpha value is -2.05.